The molecule has 1 aromatic rings. The Balaban J connectivity index is 2.65. The van der Waals surface area contributed by atoms with Crippen LogP contribution in [0.2, 0.25) is 18.1 Å². The number of terminal acetylenes is 1. The van der Waals surface area contributed by atoms with Crippen LogP contribution in [0.4, 0.5) is 0 Å². The molecular formula is C16H25NOSi. The van der Waals surface area contributed by atoms with Gasteiger partial charge in [-0.15, -0.1) is 6.42 Å². The maximum Gasteiger partial charge on any atom is 0.192 e. The Bertz CT molecular complexity index is 451. The number of hydrogen-bond donors (Lipinski definition) is 1. The predicted molar refractivity (Wildman–Crippen MR) is 84.5 cm³/mol. The third-order valence-corrected chi connectivity index (χ3v) is 8.44. The molecule has 3 heteroatoms. The van der Waals surface area contributed by atoms with E-state index in [1.54, 1.807) is 0 Å². The Morgan fingerprint density at radius 3 is 2.21 bits per heavy atom. The van der Waals surface area contributed by atoms with Gasteiger partial charge in [-0.25, -0.2) is 0 Å². The van der Waals surface area contributed by atoms with E-state index in [1.807, 2.05) is 24.3 Å². The maximum absolute atomic E-state index is 6.18. The lowest BCUT2D eigenvalue weighted by molar-refractivity contribution is 0.264. The van der Waals surface area contributed by atoms with Gasteiger partial charge >= 0.3 is 0 Å². The van der Waals surface area contributed by atoms with Crippen LogP contribution in [-0.2, 0) is 4.43 Å². The Morgan fingerprint density at radius 2 is 1.79 bits per heavy atom. The van der Waals surface area contributed by atoms with Crippen LogP contribution in [0.15, 0.2) is 24.3 Å². The van der Waals surface area contributed by atoms with Crippen molar-refractivity contribution in [2.45, 2.75) is 44.9 Å². The summed E-state index contributed by atoms with van der Waals surface area (Å²) in [4.78, 5) is 0. The molecule has 0 radical (unpaired) electrons. The minimum Gasteiger partial charge on any atom is -0.415 e. The molecule has 0 heterocycles. The van der Waals surface area contributed by atoms with Crippen LogP contribution in [-0.4, -0.2) is 14.9 Å². The van der Waals surface area contributed by atoms with Gasteiger partial charge in [0.25, 0.3) is 0 Å². The average Bonchev–Trinajstić information content (AvgIpc) is 2.35. The molecule has 0 saturated carbocycles. The first-order valence-corrected chi connectivity index (χ1v) is 9.54. The van der Waals surface area contributed by atoms with Crippen LogP contribution < -0.4 is 5.73 Å². The lowest BCUT2D eigenvalue weighted by Gasteiger charge is -2.37. The highest BCUT2D eigenvalue weighted by Crippen LogP contribution is 2.36. The van der Waals surface area contributed by atoms with Crippen molar-refractivity contribution in [2.24, 2.45) is 5.73 Å². The van der Waals surface area contributed by atoms with Gasteiger partial charge in [0.1, 0.15) is 0 Å². The molecule has 1 atom stereocenters. The molecule has 0 aliphatic rings. The highest BCUT2D eigenvalue weighted by Gasteiger charge is 2.37. The van der Waals surface area contributed by atoms with Crippen molar-refractivity contribution >= 4 is 8.32 Å². The van der Waals surface area contributed by atoms with E-state index in [-0.39, 0.29) is 11.1 Å². The van der Waals surface area contributed by atoms with Crippen molar-refractivity contribution in [3.05, 3.63) is 35.4 Å². The summed E-state index contributed by atoms with van der Waals surface area (Å²) < 4.78 is 6.14. The quantitative estimate of drug-likeness (QED) is 0.672. The Labute approximate surface area is 118 Å². The zero-order chi connectivity index (χ0) is 14.7. The molecule has 0 aromatic heterocycles. The van der Waals surface area contributed by atoms with Crippen LogP contribution in [0.1, 0.15) is 37.9 Å². The average molecular weight is 275 g/mol. The van der Waals surface area contributed by atoms with Gasteiger partial charge in [0, 0.05) is 5.56 Å². The van der Waals surface area contributed by atoms with Crippen LogP contribution in [0.3, 0.4) is 0 Å². The number of rotatable bonds is 4. The van der Waals surface area contributed by atoms with E-state index in [4.69, 9.17) is 16.6 Å². The van der Waals surface area contributed by atoms with Crippen LogP contribution in [0.25, 0.3) is 0 Å². The molecule has 0 fully saturated rings. The van der Waals surface area contributed by atoms with Gasteiger partial charge in [-0.1, -0.05) is 38.8 Å². The zero-order valence-corrected chi connectivity index (χ0v) is 13.7. The van der Waals surface area contributed by atoms with Crippen molar-refractivity contribution in [1.82, 2.24) is 0 Å². The van der Waals surface area contributed by atoms with Crippen LogP contribution in [0.5, 0.6) is 0 Å². The first-order chi connectivity index (χ1) is 8.67. The van der Waals surface area contributed by atoms with Gasteiger partial charge < -0.3 is 10.2 Å². The summed E-state index contributed by atoms with van der Waals surface area (Å²) in [6.07, 6.45) is 5.34. The minimum atomic E-state index is -1.73. The predicted octanol–water partition coefficient (Wildman–Crippen LogP) is 3.69. The molecule has 0 saturated heterocycles. The summed E-state index contributed by atoms with van der Waals surface area (Å²) in [5.41, 5.74) is 8.13. The van der Waals surface area contributed by atoms with E-state index in [1.165, 1.54) is 0 Å². The Hall–Kier alpha value is -1.08. The molecule has 1 rings (SSSR count). The molecule has 2 nitrogen and oxygen atoms in total. The second-order valence-corrected chi connectivity index (χ2v) is 11.3. The van der Waals surface area contributed by atoms with E-state index in [0.29, 0.717) is 6.61 Å². The molecule has 0 bridgehead atoms. The molecule has 0 aliphatic carbocycles. The third kappa shape index (κ3) is 4.21. The summed E-state index contributed by atoms with van der Waals surface area (Å²) in [6.45, 7) is 11.7. The lowest BCUT2D eigenvalue weighted by atomic mass is 10.1. The Kier molecular flexibility index (Phi) is 4.97. The standard InChI is InChI=1S/C16H25NOSi/c1-7-13-8-10-14(11-9-13)15(17)12-18-19(5,6)16(2,3)4/h1,8-11,15H,12,17H2,2-6H3. The van der Waals surface area contributed by atoms with Crippen molar-refractivity contribution in [3.8, 4) is 12.3 Å². The van der Waals surface area contributed by atoms with E-state index < -0.39 is 8.32 Å². The lowest BCUT2D eigenvalue weighted by Crippen LogP contribution is -2.42. The van der Waals surface area contributed by atoms with E-state index in [0.717, 1.165) is 11.1 Å². The summed E-state index contributed by atoms with van der Waals surface area (Å²) >= 11 is 0. The summed E-state index contributed by atoms with van der Waals surface area (Å²) in [7, 11) is -1.73. The van der Waals surface area contributed by atoms with E-state index >= 15 is 0 Å². The van der Waals surface area contributed by atoms with Gasteiger partial charge in [-0.2, -0.15) is 0 Å². The van der Waals surface area contributed by atoms with E-state index in [9.17, 15) is 0 Å². The van der Waals surface area contributed by atoms with Crippen molar-refractivity contribution in [3.63, 3.8) is 0 Å². The molecule has 1 unspecified atom stereocenters. The number of hydrogen-bond acceptors (Lipinski definition) is 2. The molecule has 2 N–H and O–H groups in total. The fourth-order valence-electron chi connectivity index (χ4n) is 1.44. The van der Waals surface area contributed by atoms with Gasteiger partial charge in [0.05, 0.1) is 12.6 Å². The number of benzene rings is 1. The normalized spacial score (nSPS) is 13.9. The molecule has 1 aromatic carbocycles. The largest absolute Gasteiger partial charge is 0.415 e. The van der Waals surface area contributed by atoms with Crippen LogP contribution in [0, 0.1) is 12.3 Å². The Morgan fingerprint density at radius 1 is 1.26 bits per heavy atom. The monoisotopic (exact) mass is 275 g/mol. The van der Waals surface area contributed by atoms with Crippen LogP contribution >= 0.6 is 0 Å². The first-order valence-electron chi connectivity index (χ1n) is 6.63. The smallest absolute Gasteiger partial charge is 0.192 e. The molecule has 0 amide bonds. The maximum atomic E-state index is 6.18. The molecular weight excluding hydrogens is 250 g/mol. The second kappa shape index (κ2) is 5.92. The third-order valence-electron chi connectivity index (χ3n) is 3.94. The SMILES string of the molecule is C#Cc1ccc(C(N)CO[Si](C)(C)C(C)(C)C)cc1. The summed E-state index contributed by atoms with van der Waals surface area (Å²) in [5.74, 6) is 2.60. The highest BCUT2D eigenvalue weighted by molar-refractivity contribution is 6.74. The van der Waals surface area contributed by atoms with Crippen molar-refractivity contribution in [1.29, 1.82) is 0 Å². The highest BCUT2D eigenvalue weighted by atomic mass is 28.4. The summed E-state index contributed by atoms with van der Waals surface area (Å²) in [6, 6.07) is 7.70. The molecule has 0 aliphatic heterocycles. The minimum absolute atomic E-state index is 0.0963. The van der Waals surface area contributed by atoms with Gasteiger partial charge in [0.15, 0.2) is 8.32 Å². The van der Waals surface area contributed by atoms with Gasteiger partial charge in [-0.3, -0.25) is 0 Å². The second-order valence-electron chi connectivity index (χ2n) is 6.44. The van der Waals surface area contributed by atoms with E-state index in [2.05, 4.69) is 39.8 Å². The fourth-order valence-corrected chi connectivity index (χ4v) is 2.47. The number of nitrogens with two attached hydrogens (primary N) is 1. The molecule has 19 heavy (non-hydrogen) atoms. The summed E-state index contributed by atoms with van der Waals surface area (Å²) in [5, 5.41) is 0.208. The fraction of sp³-hybridized carbons (Fsp3) is 0.500. The van der Waals surface area contributed by atoms with Gasteiger partial charge in [0.2, 0.25) is 0 Å². The topological polar surface area (TPSA) is 35.2 Å². The molecule has 104 valence electrons. The zero-order valence-electron chi connectivity index (χ0n) is 12.7. The van der Waals surface area contributed by atoms with Gasteiger partial charge in [-0.05, 0) is 35.8 Å². The molecule has 0 spiro atoms. The first kappa shape index (κ1) is 16.0. The van der Waals surface area contributed by atoms with Crippen molar-refractivity contribution < 1.29 is 4.43 Å². The van der Waals surface area contributed by atoms with Crippen molar-refractivity contribution in [2.75, 3.05) is 6.61 Å².